The number of anilines is 3. The van der Waals surface area contributed by atoms with E-state index in [0.717, 1.165) is 72.8 Å². The molecule has 0 amide bonds. The molecule has 29 heavy (non-hydrogen) atoms. The fourth-order valence-electron chi connectivity index (χ4n) is 5.72. The van der Waals surface area contributed by atoms with Crippen molar-refractivity contribution < 1.29 is 9.47 Å². The number of aromatic nitrogens is 3. The number of fused-ring (bicyclic) bond motifs is 4. The second-order valence-corrected chi connectivity index (χ2v) is 9.02. The van der Waals surface area contributed by atoms with Crippen molar-refractivity contribution >= 4 is 17.6 Å². The third-order valence-corrected chi connectivity index (χ3v) is 7.30. The lowest BCUT2D eigenvalue weighted by molar-refractivity contribution is 0.0989. The molecule has 5 aliphatic heterocycles. The molecule has 1 aliphatic carbocycles. The van der Waals surface area contributed by atoms with Crippen molar-refractivity contribution in [3.8, 4) is 17.0 Å². The van der Waals surface area contributed by atoms with Gasteiger partial charge in [-0.1, -0.05) is 0 Å². The third kappa shape index (κ3) is 2.32. The molecule has 5 fully saturated rings. The Bertz CT molecular complexity index is 1010. The van der Waals surface area contributed by atoms with Crippen LogP contribution in [0.15, 0.2) is 12.3 Å². The van der Waals surface area contributed by atoms with Gasteiger partial charge in [0.25, 0.3) is 0 Å². The van der Waals surface area contributed by atoms with Crippen molar-refractivity contribution in [1.29, 1.82) is 0 Å². The van der Waals surface area contributed by atoms with E-state index in [9.17, 15) is 0 Å². The summed E-state index contributed by atoms with van der Waals surface area (Å²) in [6, 6.07) is 3.14. The zero-order chi connectivity index (χ0) is 19.1. The Balaban J connectivity index is 1.36. The van der Waals surface area contributed by atoms with Crippen molar-refractivity contribution in [2.45, 2.75) is 43.9 Å². The van der Waals surface area contributed by atoms with Gasteiger partial charge in [0, 0.05) is 48.9 Å². The van der Waals surface area contributed by atoms with Crippen molar-refractivity contribution in [2.75, 3.05) is 41.8 Å². The number of morpholine rings is 1. The first-order valence-electron chi connectivity index (χ1n) is 10.7. The highest BCUT2D eigenvalue weighted by Crippen LogP contribution is 2.44. The molecule has 2 N–H and O–H groups in total. The molecule has 8 heteroatoms. The van der Waals surface area contributed by atoms with E-state index in [-0.39, 0.29) is 0 Å². The second-order valence-electron chi connectivity index (χ2n) is 9.02. The first-order valence-corrected chi connectivity index (χ1v) is 10.7. The van der Waals surface area contributed by atoms with Crippen molar-refractivity contribution in [1.82, 2.24) is 15.0 Å². The first-order chi connectivity index (χ1) is 14.2. The van der Waals surface area contributed by atoms with Crippen LogP contribution in [0.25, 0.3) is 11.3 Å². The molecule has 2 aromatic rings. The fourth-order valence-corrected chi connectivity index (χ4v) is 5.72. The van der Waals surface area contributed by atoms with Crippen LogP contribution in [0.5, 0.6) is 5.75 Å². The predicted octanol–water partition coefficient (Wildman–Crippen LogP) is 1.63. The van der Waals surface area contributed by atoms with Gasteiger partial charge in [-0.2, -0.15) is 4.98 Å². The minimum absolute atomic E-state index is 0.331. The number of nitrogen functional groups attached to an aromatic ring is 1. The van der Waals surface area contributed by atoms with Crippen molar-refractivity contribution in [3.05, 3.63) is 17.8 Å². The van der Waals surface area contributed by atoms with E-state index in [1.807, 2.05) is 6.20 Å². The maximum absolute atomic E-state index is 6.04. The van der Waals surface area contributed by atoms with Gasteiger partial charge >= 0.3 is 0 Å². The Morgan fingerprint density at radius 2 is 2.00 bits per heavy atom. The van der Waals surface area contributed by atoms with E-state index in [1.165, 1.54) is 12.8 Å². The molecule has 7 heterocycles. The SMILES string of the molecule is Nc1ncc(-c2cc(N3C[C@@H]4C[C@H]3CO4)nc(N3CC4CC3C4)n2)c2c1OCC2. The largest absolute Gasteiger partial charge is 0.489 e. The van der Waals surface area contributed by atoms with Crippen LogP contribution in [-0.4, -0.2) is 59.4 Å². The van der Waals surface area contributed by atoms with Crippen LogP contribution in [0.4, 0.5) is 17.6 Å². The number of hydrogen-bond acceptors (Lipinski definition) is 8. The van der Waals surface area contributed by atoms with Crippen LogP contribution in [0, 0.1) is 5.92 Å². The summed E-state index contributed by atoms with van der Waals surface area (Å²) in [6.07, 6.45) is 6.66. The molecule has 2 atom stereocenters. The second kappa shape index (κ2) is 5.72. The number of nitrogens with zero attached hydrogens (tertiary/aromatic N) is 5. The Labute approximate surface area is 169 Å². The molecule has 1 saturated carbocycles. The summed E-state index contributed by atoms with van der Waals surface area (Å²) in [7, 11) is 0. The molecular weight excluding hydrogens is 368 g/mol. The van der Waals surface area contributed by atoms with Crippen LogP contribution >= 0.6 is 0 Å². The van der Waals surface area contributed by atoms with E-state index in [2.05, 4.69) is 20.9 Å². The highest BCUT2D eigenvalue weighted by molar-refractivity contribution is 5.74. The highest BCUT2D eigenvalue weighted by Gasteiger charge is 2.45. The number of pyridine rings is 1. The molecule has 2 aromatic heterocycles. The summed E-state index contributed by atoms with van der Waals surface area (Å²) >= 11 is 0. The van der Waals surface area contributed by atoms with Gasteiger partial charge in [0.1, 0.15) is 5.82 Å². The lowest BCUT2D eigenvalue weighted by Crippen LogP contribution is -2.38. The van der Waals surface area contributed by atoms with Crippen LogP contribution in [0.3, 0.4) is 0 Å². The van der Waals surface area contributed by atoms with E-state index >= 15 is 0 Å². The van der Waals surface area contributed by atoms with Gasteiger partial charge in [-0.3, -0.25) is 0 Å². The van der Waals surface area contributed by atoms with Gasteiger partial charge in [-0.15, -0.1) is 0 Å². The maximum Gasteiger partial charge on any atom is 0.228 e. The Kier molecular flexibility index (Phi) is 3.20. The van der Waals surface area contributed by atoms with Crippen molar-refractivity contribution in [3.63, 3.8) is 0 Å². The minimum Gasteiger partial charge on any atom is -0.489 e. The van der Waals surface area contributed by atoms with E-state index in [1.54, 1.807) is 0 Å². The molecule has 0 aromatic carbocycles. The summed E-state index contributed by atoms with van der Waals surface area (Å²) in [5, 5.41) is 0. The van der Waals surface area contributed by atoms with Crippen LogP contribution < -0.4 is 20.3 Å². The zero-order valence-electron chi connectivity index (χ0n) is 16.3. The summed E-state index contributed by atoms with van der Waals surface area (Å²) in [5.74, 6) is 3.86. The smallest absolute Gasteiger partial charge is 0.228 e. The van der Waals surface area contributed by atoms with E-state index < -0.39 is 0 Å². The van der Waals surface area contributed by atoms with Crippen LogP contribution in [-0.2, 0) is 11.2 Å². The molecule has 6 aliphatic rings. The number of ether oxygens (including phenoxy) is 2. The van der Waals surface area contributed by atoms with Gasteiger partial charge in [0.2, 0.25) is 5.95 Å². The first kappa shape index (κ1) is 16.2. The summed E-state index contributed by atoms with van der Waals surface area (Å²) in [4.78, 5) is 19.3. The Morgan fingerprint density at radius 1 is 1.07 bits per heavy atom. The number of hydrogen-bond donors (Lipinski definition) is 1. The molecule has 150 valence electrons. The van der Waals surface area contributed by atoms with Gasteiger partial charge in [0.05, 0.1) is 31.1 Å². The zero-order valence-corrected chi connectivity index (χ0v) is 16.3. The number of nitrogens with two attached hydrogens (primary N) is 1. The maximum atomic E-state index is 6.04. The Hall–Kier alpha value is -2.61. The average Bonchev–Trinajstić information content (AvgIpc) is 3.53. The molecule has 0 spiro atoms. The monoisotopic (exact) mass is 392 g/mol. The van der Waals surface area contributed by atoms with Gasteiger partial charge in [-0.25, -0.2) is 9.97 Å². The fraction of sp³-hybridized carbons (Fsp3) is 0.571. The molecule has 4 bridgehead atoms. The summed E-state index contributed by atoms with van der Waals surface area (Å²) < 4.78 is 11.6. The molecule has 4 saturated heterocycles. The molecule has 0 radical (unpaired) electrons. The number of rotatable bonds is 3. The van der Waals surface area contributed by atoms with E-state index in [0.29, 0.717) is 30.6 Å². The molecular formula is C21H24N6O2. The summed E-state index contributed by atoms with van der Waals surface area (Å²) in [6.45, 7) is 3.42. The lowest BCUT2D eigenvalue weighted by atomic mass is 9.86. The van der Waals surface area contributed by atoms with Gasteiger partial charge < -0.3 is 25.0 Å². The summed E-state index contributed by atoms with van der Waals surface area (Å²) in [5.41, 5.74) is 9.10. The van der Waals surface area contributed by atoms with Crippen LogP contribution in [0.2, 0.25) is 0 Å². The van der Waals surface area contributed by atoms with Gasteiger partial charge in [-0.05, 0) is 25.2 Å². The minimum atomic E-state index is 0.331. The topological polar surface area (TPSA) is 89.6 Å². The molecule has 8 nitrogen and oxygen atoms in total. The Morgan fingerprint density at radius 3 is 2.76 bits per heavy atom. The van der Waals surface area contributed by atoms with Crippen LogP contribution in [0.1, 0.15) is 24.8 Å². The third-order valence-electron chi connectivity index (χ3n) is 7.30. The molecule has 0 unspecified atom stereocenters. The van der Waals surface area contributed by atoms with Gasteiger partial charge in [0.15, 0.2) is 11.6 Å². The normalized spacial score (nSPS) is 31.2. The quantitative estimate of drug-likeness (QED) is 0.843. The predicted molar refractivity (Wildman–Crippen MR) is 108 cm³/mol. The van der Waals surface area contributed by atoms with E-state index in [4.69, 9.17) is 25.2 Å². The molecule has 8 rings (SSSR count). The highest BCUT2D eigenvalue weighted by atomic mass is 16.5. The standard InChI is InChI=1S/C21H24N6O2/c22-20-19-15(1-2-28-19)16(7-23-20)17-6-18(26-9-14-5-13(26)10-29-14)25-21(24-17)27-8-11-3-12(27)4-11/h6-7,11-14H,1-5,8-10H2,(H2,22,23)/t11?,12?,13-,14-/m0/s1. The average molecular weight is 392 g/mol. The lowest BCUT2D eigenvalue weighted by Gasteiger charge is -2.30. The van der Waals surface area contributed by atoms with Crippen molar-refractivity contribution in [2.24, 2.45) is 5.92 Å².